The normalized spacial score (nSPS) is 19.3. The van der Waals surface area contributed by atoms with Crippen LogP contribution in [-0.4, -0.2) is 128 Å². The van der Waals surface area contributed by atoms with E-state index in [1.165, 1.54) is 19.9 Å². The average Bonchev–Trinajstić information content (AvgIpc) is 3.79. The van der Waals surface area contributed by atoms with Gasteiger partial charge in [-0.05, 0) is 89.5 Å². The maximum Gasteiger partial charge on any atom is 0.408 e. The van der Waals surface area contributed by atoms with Crippen LogP contribution in [0.1, 0.15) is 102 Å². The van der Waals surface area contributed by atoms with Gasteiger partial charge in [-0.2, -0.15) is 10.1 Å². The first-order chi connectivity index (χ1) is 36.6. The number of urea groups is 2. The highest BCUT2D eigenvalue weighted by Crippen LogP contribution is 2.32. The Balaban J connectivity index is 0.000000207. The number of hydrogen-bond donors (Lipinski definition) is 6. The molecule has 8 amide bonds. The number of carboxylic acids is 1. The molecule has 7 N–H and O–H groups in total. The number of carbonyl (C=O) groups is 8. The molecule has 4 saturated heterocycles. The predicted molar refractivity (Wildman–Crippen MR) is 279 cm³/mol. The Kier molecular flexibility index (Phi) is 20.1. The highest BCUT2D eigenvalue weighted by molar-refractivity contribution is 5.95. The van der Waals surface area contributed by atoms with Crippen LogP contribution >= 0.6 is 0 Å². The zero-order valence-corrected chi connectivity index (χ0v) is 44.1. The number of rotatable bonds is 16. The van der Waals surface area contributed by atoms with E-state index in [-0.39, 0.29) is 37.3 Å². The van der Waals surface area contributed by atoms with Crippen LogP contribution < -0.4 is 27.2 Å². The van der Waals surface area contributed by atoms with Crippen LogP contribution in [0.4, 0.5) is 19.2 Å². The van der Waals surface area contributed by atoms with E-state index in [4.69, 9.17) is 30.1 Å². The maximum absolute atomic E-state index is 13.1. The van der Waals surface area contributed by atoms with Gasteiger partial charge in [0.05, 0.1) is 18.6 Å². The first-order valence-electron chi connectivity index (χ1n) is 25.3. The molecule has 2 unspecified atom stereocenters. The summed E-state index contributed by atoms with van der Waals surface area (Å²) in [5.41, 5.74) is 3.76. The summed E-state index contributed by atoms with van der Waals surface area (Å²) in [7, 11) is 0. The number of carboxylic acid groups (broad SMARTS) is 1. The van der Waals surface area contributed by atoms with E-state index in [2.05, 4.69) is 16.0 Å². The molecule has 0 radical (unpaired) electrons. The third-order valence-corrected chi connectivity index (χ3v) is 12.4. The number of ketones is 1. The number of hydrazine groups is 1. The molecule has 4 aromatic carbocycles. The molecule has 0 saturated carbocycles. The topological polar surface area (TPSA) is 281 Å². The first kappa shape index (κ1) is 58.2. The van der Waals surface area contributed by atoms with E-state index in [1.54, 1.807) is 96.1 Å². The number of alkyl carbamates (subject to hydrolysis) is 2. The van der Waals surface area contributed by atoms with E-state index < -0.39 is 71.1 Å². The molecule has 4 aliphatic rings. The van der Waals surface area contributed by atoms with Crippen molar-refractivity contribution in [3.05, 3.63) is 144 Å². The molecule has 4 aromatic rings. The molecule has 4 heterocycles. The summed E-state index contributed by atoms with van der Waals surface area (Å²) in [5, 5.41) is 19.6. The van der Waals surface area contributed by atoms with Gasteiger partial charge in [0.2, 0.25) is 5.91 Å². The lowest BCUT2D eigenvalue weighted by Crippen LogP contribution is -2.51. The molecule has 6 atom stereocenters. The van der Waals surface area contributed by atoms with Gasteiger partial charge in [0.1, 0.15) is 48.6 Å². The number of nitrogens with two attached hydrogens (primary N) is 1. The molecule has 412 valence electrons. The van der Waals surface area contributed by atoms with Crippen LogP contribution in [0.15, 0.2) is 121 Å². The fourth-order valence-corrected chi connectivity index (χ4v) is 8.83. The minimum absolute atomic E-state index is 0.0400. The summed E-state index contributed by atoms with van der Waals surface area (Å²) >= 11 is 0. The average molecular weight is 1060 g/mol. The number of carbonyl (C=O) groups excluding carboxylic acids is 7. The second-order valence-electron chi connectivity index (χ2n) is 20.5. The lowest BCUT2D eigenvalue weighted by Gasteiger charge is -2.29. The SMILES string of the molecule is CC(C)(C)OC(=O)NC(C(=O)CNC(=O)[C@@H]1CC[C@@H]2CN1C(=O)N2OCc1ccccc1)c1ccccc1.CC(C)(C)OC(=O)NC(C(=O)NN)c1ccccc1.O=C(O)[C@@H]1CC[C@@H]2CN1C(=O)N2OCc1ccccc1. The fourth-order valence-electron chi connectivity index (χ4n) is 8.83. The van der Waals surface area contributed by atoms with Crippen LogP contribution in [0, 0.1) is 0 Å². The van der Waals surface area contributed by atoms with E-state index in [0.717, 1.165) is 11.1 Å². The van der Waals surface area contributed by atoms with Crippen LogP contribution in [0.5, 0.6) is 0 Å². The summed E-state index contributed by atoms with van der Waals surface area (Å²) in [5.74, 6) is 2.83. The number of hydroxylamine groups is 4. The monoisotopic (exact) mass is 1060 g/mol. The van der Waals surface area contributed by atoms with E-state index in [9.17, 15) is 38.4 Å². The number of amides is 8. The van der Waals surface area contributed by atoms with Gasteiger partial charge in [0.25, 0.3) is 5.91 Å². The van der Waals surface area contributed by atoms with Crippen LogP contribution in [0.25, 0.3) is 0 Å². The number of ether oxygens (including phenoxy) is 2. The predicted octanol–water partition coefficient (Wildman–Crippen LogP) is 6.05. The third kappa shape index (κ3) is 16.7. The standard InChI is InChI=1S/C28H34N4O6.C14H16N2O4.C13H19N3O3/c1-28(2,3)38-26(35)30-24(20-12-8-5-9-13-20)23(33)16-29-25(34)22-15-14-21-17-31(22)27(36)32(21)37-18-19-10-6-4-7-11-19;17-13(18)12-7-6-11-8-15(12)14(19)16(11)20-9-10-4-2-1-3-5-10;1-13(2,3)19-12(18)15-10(11(17)16-14)9-7-5-4-6-8-9/h4-13,21-22,24H,14-18H2,1-3H3,(H,29,34)(H,30,35);1-5,11-12H,6-9H2,(H,17,18);4-8,10H,14H2,1-3H3,(H,15,18)(H,16,17)/t21-,22+,24?;11-,12+;/m11./s1. The third-order valence-electron chi connectivity index (χ3n) is 12.4. The fraction of sp³-hybridized carbons (Fsp3) is 0.418. The lowest BCUT2D eigenvalue weighted by molar-refractivity contribution is -0.143. The van der Waals surface area contributed by atoms with Gasteiger partial charge >= 0.3 is 30.2 Å². The van der Waals surface area contributed by atoms with Gasteiger partial charge in [0, 0.05) is 13.1 Å². The Labute approximate surface area is 447 Å². The zero-order chi connectivity index (χ0) is 55.9. The second-order valence-corrected chi connectivity index (χ2v) is 20.5. The highest BCUT2D eigenvalue weighted by Gasteiger charge is 2.49. The summed E-state index contributed by atoms with van der Waals surface area (Å²) in [6, 6.07) is 32.5. The summed E-state index contributed by atoms with van der Waals surface area (Å²) in [6.07, 6.45) is 0.799. The second kappa shape index (κ2) is 26.6. The quantitative estimate of drug-likeness (QED) is 0.0423. The number of nitrogens with one attached hydrogen (secondary N) is 4. The number of piperidine rings is 2. The Morgan fingerprint density at radius 1 is 0.584 bits per heavy atom. The van der Waals surface area contributed by atoms with E-state index in [1.807, 2.05) is 72.2 Å². The van der Waals surface area contributed by atoms with Crippen molar-refractivity contribution in [1.29, 1.82) is 0 Å². The van der Waals surface area contributed by atoms with Gasteiger partial charge < -0.3 is 40.3 Å². The van der Waals surface area contributed by atoms with Crippen molar-refractivity contribution in [2.75, 3.05) is 19.6 Å². The highest BCUT2D eigenvalue weighted by atomic mass is 16.7. The zero-order valence-electron chi connectivity index (χ0n) is 44.1. The van der Waals surface area contributed by atoms with Crippen LogP contribution in [0.3, 0.4) is 0 Å². The molecular weight excluding hydrogens is 995 g/mol. The first-order valence-corrected chi connectivity index (χ1v) is 25.3. The Morgan fingerprint density at radius 3 is 1.39 bits per heavy atom. The van der Waals surface area contributed by atoms with Crippen molar-refractivity contribution >= 4 is 47.8 Å². The number of aliphatic carboxylic acids is 1. The van der Waals surface area contributed by atoms with Gasteiger partial charge in [-0.1, -0.05) is 121 Å². The molecular formula is C55H69N9O13. The Morgan fingerprint density at radius 2 is 0.974 bits per heavy atom. The van der Waals surface area contributed by atoms with Gasteiger partial charge in [0.15, 0.2) is 5.78 Å². The van der Waals surface area contributed by atoms with Crippen molar-refractivity contribution < 1.29 is 62.6 Å². The molecule has 0 aliphatic carbocycles. The van der Waals surface area contributed by atoms with Crippen molar-refractivity contribution in [2.45, 2.75) is 128 Å². The van der Waals surface area contributed by atoms with Crippen molar-refractivity contribution in [1.82, 2.24) is 41.3 Å². The molecule has 0 spiro atoms. The van der Waals surface area contributed by atoms with Gasteiger partial charge in [-0.25, -0.2) is 29.8 Å². The number of benzene rings is 4. The Bertz CT molecular complexity index is 2660. The minimum Gasteiger partial charge on any atom is -0.480 e. The molecule has 22 nitrogen and oxygen atoms in total. The summed E-state index contributed by atoms with van der Waals surface area (Å²) in [4.78, 5) is 113. The van der Waals surface area contributed by atoms with Gasteiger partial charge in [-0.15, -0.1) is 0 Å². The summed E-state index contributed by atoms with van der Waals surface area (Å²) < 4.78 is 10.4. The van der Waals surface area contributed by atoms with Crippen LogP contribution in [0.2, 0.25) is 0 Å². The number of fused-ring (bicyclic) bond motifs is 4. The molecule has 4 bridgehead atoms. The van der Waals surface area contributed by atoms with E-state index >= 15 is 0 Å². The van der Waals surface area contributed by atoms with Crippen molar-refractivity contribution in [3.63, 3.8) is 0 Å². The lowest BCUT2D eigenvalue weighted by atomic mass is 9.99. The van der Waals surface area contributed by atoms with Gasteiger partial charge in [-0.3, -0.25) is 29.5 Å². The van der Waals surface area contributed by atoms with Crippen molar-refractivity contribution in [2.24, 2.45) is 5.84 Å². The molecule has 22 heteroatoms. The largest absolute Gasteiger partial charge is 0.480 e. The molecule has 0 aromatic heterocycles. The number of nitrogens with zero attached hydrogens (tertiary/aromatic N) is 4. The summed E-state index contributed by atoms with van der Waals surface area (Å²) in [6.45, 7) is 11.5. The molecule has 8 rings (SSSR count). The molecule has 4 aliphatic heterocycles. The Hall–Kier alpha value is -8.08. The number of Topliss-reactive ketones (excluding diaryl/α,β-unsaturated/α-hetero) is 1. The molecule has 77 heavy (non-hydrogen) atoms. The molecule has 4 fully saturated rings. The number of hydrogen-bond acceptors (Lipinski definition) is 13. The maximum atomic E-state index is 13.1. The van der Waals surface area contributed by atoms with Crippen LogP contribution in [-0.2, 0) is 51.5 Å². The smallest absolute Gasteiger partial charge is 0.408 e. The minimum atomic E-state index is -1.00. The van der Waals surface area contributed by atoms with E-state index in [0.29, 0.717) is 56.5 Å². The van der Waals surface area contributed by atoms with Crippen molar-refractivity contribution in [3.8, 4) is 0 Å².